The highest BCUT2D eigenvalue weighted by Crippen LogP contribution is 2.21. The third-order valence-corrected chi connectivity index (χ3v) is 5.00. The van der Waals surface area contributed by atoms with Crippen LogP contribution in [-0.4, -0.2) is 54.3 Å². The van der Waals surface area contributed by atoms with Crippen LogP contribution in [0.15, 0.2) is 30.5 Å². The summed E-state index contributed by atoms with van der Waals surface area (Å²) >= 11 is 0. The molecule has 0 radical (unpaired) electrons. The maximum atomic E-state index is 12.2. The number of ether oxygens (including phenoxy) is 1. The Morgan fingerprint density at radius 1 is 1.24 bits per heavy atom. The van der Waals surface area contributed by atoms with Crippen LogP contribution in [0.25, 0.3) is 10.9 Å². The Morgan fingerprint density at radius 3 is 2.72 bits per heavy atom. The van der Waals surface area contributed by atoms with E-state index in [1.807, 2.05) is 26.0 Å². The number of benzene rings is 1. The summed E-state index contributed by atoms with van der Waals surface area (Å²) in [6, 6.07) is 7.98. The van der Waals surface area contributed by atoms with Crippen LogP contribution in [0.3, 0.4) is 0 Å². The lowest BCUT2D eigenvalue weighted by Crippen LogP contribution is -2.38. The third-order valence-electron chi connectivity index (χ3n) is 5.00. The molecular formula is C19H28N4O2. The van der Waals surface area contributed by atoms with Gasteiger partial charge in [0.25, 0.3) is 0 Å². The highest BCUT2D eigenvalue weighted by Gasteiger charge is 2.17. The molecule has 1 aromatic heterocycles. The highest BCUT2D eigenvalue weighted by molar-refractivity contribution is 5.95. The van der Waals surface area contributed by atoms with E-state index < -0.39 is 0 Å². The number of nitrogens with zero attached hydrogens (tertiary/aromatic N) is 2. The first-order valence-electron chi connectivity index (χ1n) is 9.00. The van der Waals surface area contributed by atoms with Crippen molar-refractivity contribution in [3.05, 3.63) is 30.5 Å². The molecule has 2 heterocycles. The van der Waals surface area contributed by atoms with E-state index >= 15 is 0 Å². The molecule has 0 bridgehead atoms. The number of nitrogens with one attached hydrogen (secondary N) is 1. The van der Waals surface area contributed by atoms with E-state index in [4.69, 9.17) is 10.5 Å². The first kappa shape index (κ1) is 17.9. The van der Waals surface area contributed by atoms with E-state index in [1.165, 1.54) is 5.52 Å². The summed E-state index contributed by atoms with van der Waals surface area (Å²) in [6.07, 6.45) is 2.11. The minimum absolute atomic E-state index is 0.0406. The van der Waals surface area contributed by atoms with Gasteiger partial charge in [-0.1, -0.05) is 6.92 Å². The minimum atomic E-state index is -0.214. The van der Waals surface area contributed by atoms with Crippen LogP contribution in [0, 0.1) is 5.92 Å². The van der Waals surface area contributed by atoms with Crippen LogP contribution in [-0.2, 0) is 16.1 Å². The van der Waals surface area contributed by atoms with E-state index in [-0.39, 0.29) is 17.9 Å². The van der Waals surface area contributed by atoms with Gasteiger partial charge in [-0.2, -0.15) is 0 Å². The Balaban J connectivity index is 1.65. The molecule has 1 aliphatic heterocycles. The maximum absolute atomic E-state index is 12.2. The Labute approximate surface area is 148 Å². The second kappa shape index (κ2) is 7.99. The quantitative estimate of drug-likeness (QED) is 0.839. The molecule has 0 aliphatic carbocycles. The first-order chi connectivity index (χ1) is 12.0. The van der Waals surface area contributed by atoms with Crippen LogP contribution < -0.4 is 11.1 Å². The highest BCUT2D eigenvalue weighted by atomic mass is 16.5. The smallest absolute Gasteiger partial charge is 0.228 e. The van der Waals surface area contributed by atoms with Gasteiger partial charge in [-0.25, -0.2) is 0 Å². The van der Waals surface area contributed by atoms with Gasteiger partial charge in [0.15, 0.2) is 0 Å². The van der Waals surface area contributed by atoms with Crippen molar-refractivity contribution >= 4 is 22.5 Å². The monoisotopic (exact) mass is 344 g/mol. The summed E-state index contributed by atoms with van der Waals surface area (Å²) in [5, 5.41) is 4.09. The lowest BCUT2D eigenvalue weighted by atomic mass is 10.0. The number of morpholine rings is 1. The second-order valence-corrected chi connectivity index (χ2v) is 6.87. The molecule has 2 atom stereocenters. The fraction of sp³-hybridized carbons (Fsp3) is 0.526. The molecule has 1 aromatic carbocycles. The summed E-state index contributed by atoms with van der Waals surface area (Å²) in [5.41, 5.74) is 7.81. The topological polar surface area (TPSA) is 72.5 Å². The van der Waals surface area contributed by atoms with Crippen molar-refractivity contribution in [3.8, 4) is 0 Å². The molecule has 1 aliphatic rings. The van der Waals surface area contributed by atoms with Crippen LogP contribution in [0.4, 0.5) is 5.69 Å². The van der Waals surface area contributed by atoms with Crippen LogP contribution in [0.1, 0.15) is 13.8 Å². The SMILES string of the molecule is CC(N)C(C)C(=O)Nc1ccc2c(ccn2CCN2CCOCC2)c1. The number of carbonyl (C=O) groups excluding carboxylic acids is 1. The van der Waals surface area contributed by atoms with Gasteiger partial charge < -0.3 is 20.4 Å². The molecule has 6 nitrogen and oxygen atoms in total. The number of hydrogen-bond donors (Lipinski definition) is 2. The zero-order valence-electron chi connectivity index (χ0n) is 15.1. The molecule has 0 saturated carbocycles. The van der Waals surface area contributed by atoms with Crippen molar-refractivity contribution in [2.24, 2.45) is 11.7 Å². The van der Waals surface area contributed by atoms with Gasteiger partial charge >= 0.3 is 0 Å². The maximum Gasteiger partial charge on any atom is 0.228 e. The number of aromatic nitrogens is 1. The van der Waals surface area contributed by atoms with Gasteiger partial charge in [0.1, 0.15) is 0 Å². The minimum Gasteiger partial charge on any atom is -0.379 e. The molecule has 3 N–H and O–H groups in total. The van der Waals surface area contributed by atoms with Crippen molar-refractivity contribution in [3.63, 3.8) is 0 Å². The summed E-state index contributed by atoms with van der Waals surface area (Å²) in [5.74, 6) is -0.255. The Bertz CT molecular complexity index is 719. The normalized spacial score (nSPS) is 18.2. The number of fused-ring (bicyclic) bond motifs is 1. The predicted octanol–water partition coefficient (Wildman–Crippen LogP) is 1.90. The lowest BCUT2D eigenvalue weighted by molar-refractivity contribution is -0.119. The van der Waals surface area contributed by atoms with Gasteiger partial charge in [0.2, 0.25) is 5.91 Å². The number of hydrogen-bond acceptors (Lipinski definition) is 4. The van der Waals surface area contributed by atoms with Crippen LogP contribution in [0.5, 0.6) is 0 Å². The third kappa shape index (κ3) is 4.39. The molecule has 0 spiro atoms. The summed E-state index contributed by atoms with van der Waals surface area (Å²) in [4.78, 5) is 14.6. The average Bonchev–Trinajstić information content (AvgIpc) is 3.02. The van der Waals surface area contributed by atoms with Crippen molar-refractivity contribution in [1.29, 1.82) is 0 Å². The molecule has 6 heteroatoms. The van der Waals surface area contributed by atoms with E-state index in [0.29, 0.717) is 0 Å². The number of nitrogens with two attached hydrogens (primary N) is 1. The predicted molar refractivity (Wildman–Crippen MR) is 101 cm³/mol. The second-order valence-electron chi connectivity index (χ2n) is 6.87. The van der Waals surface area contributed by atoms with Gasteiger partial charge in [0.05, 0.1) is 19.1 Å². The molecule has 136 valence electrons. The zero-order chi connectivity index (χ0) is 17.8. The van der Waals surface area contributed by atoms with Gasteiger partial charge in [-0.3, -0.25) is 9.69 Å². The van der Waals surface area contributed by atoms with Crippen molar-refractivity contribution < 1.29 is 9.53 Å². The van der Waals surface area contributed by atoms with Crippen LogP contribution >= 0.6 is 0 Å². The average molecular weight is 344 g/mol. The Kier molecular flexibility index (Phi) is 5.73. The van der Waals surface area contributed by atoms with E-state index in [1.54, 1.807) is 0 Å². The molecule has 1 amide bonds. The van der Waals surface area contributed by atoms with Gasteiger partial charge in [0, 0.05) is 55.0 Å². The number of rotatable bonds is 6. The standard InChI is InChI=1S/C19H28N4O2/c1-14(15(2)20)19(24)21-17-3-4-18-16(13-17)5-6-23(18)8-7-22-9-11-25-12-10-22/h3-6,13-15H,7-12,20H2,1-2H3,(H,21,24). The Morgan fingerprint density at radius 2 is 2.00 bits per heavy atom. The molecular weight excluding hydrogens is 316 g/mol. The number of anilines is 1. The molecule has 1 fully saturated rings. The van der Waals surface area contributed by atoms with Crippen molar-refractivity contribution in [1.82, 2.24) is 9.47 Å². The fourth-order valence-corrected chi connectivity index (χ4v) is 3.04. The van der Waals surface area contributed by atoms with E-state index in [2.05, 4.69) is 33.1 Å². The Hall–Kier alpha value is -1.89. The summed E-state index contributed by atoms with van der Waals surface area (Å²) in [7, 11) is 0. The van der Waals surface area contributed by atoms with Gasteiger partial charge in [-0.05, 0) is 31.2 Å². The van der Waals surface area contributed by atoms with E-state index in [0.717, 1.165) is 50.5 Å². The summed E-state index contributed by atoms with van der Waals surface area (Å²) < 4.78 is 7.66. The van der Waals surface area contributed by atoms with Crippen molar-refractivity contribution in [2.45, 2.75) is 26.4 Å². The number of amides is 1. The largest absolute Gasteiger partial charge is 0.379 e. The molecule has 25 heavy (non-hydrogen) atoms. The number of carbonyl (C=O) groups is 1. The van der Waals surface area contributed by atoms with Gasteiger partial charge in [-0.15, -0.1) is 0 Å². The van der Waals surface area contributed by atoms with Crippen molar-refractivity contribution in [2.75, 3.05) is 38.2 Å². The molecule has 2 aromatic rings. The van der Waals surface area contributed by atoms with Crippen LogP contribution in [0.2, 0.25) is 0 Å². The molecule has 1 saturated heterocycles. The zero-order valence-corrected chi connectivity index (χ0v) is 15.1. The summed E-state index contributed by atoms with van der Waals surface area (Å²) in [6.45, 7) is 9.35. The first-order valence-corrected chi connectivity index (χ1v) is 9.00. The fourth-order valence-electron chi connectivity index (χ4n) is 3.04. The lowest BCUT2D eigenvalue weighted by Gasteiger charge is -2.26. The van der Waals surface area contributed by atoms with E-state index in [9.17, 15) is 4.79 Å². The molecule has 3 rings (SSSR count). The molecule has 2 unspecified atom stereocenters.